The van der Waals surface area contributed by atoms with Crippen LogP contribution in [0.1, 0.15) is 32.3 Å². The Kier molecular flexibility index (Phi) is 9.02. The van der Waals surface area contributed by atoms with Crippen molar-refractivity contribution in [2.45, 2.75) is 39.2 Å². The maximum absolute atomic E-state index is 12.7. The van der Waals surface area contributed by atoms with Gasteiger partial charge in [-0.25, -0.2) is 4.79 Å². The minimum Gasteiger partial charge on any atom is -0.497 e. The van der Waals surface area contributed by atoms with Crippen molar-refractivity contribution in [1.82, 2.24) is 10.2 Å². The molecule has 0 aliphatic carbocycles. The normalized spacial score (nSPS) is 11.4. The molecule has 6 nitrogen and oxygen atoms in total. The molecule has 1 atom stereocenters. The molecule has 29 heavy (non-hydrogen) atoms. The number of urea groups is 1. The highest BCUT2D eigenvalue weighted by Gasteiger charge is 2.20. The Bertz CT molecular complexity index is 763. The monoisotopic (exact) mass is 397 g/mol. The van der Waals surface area contributed by atoms with Crippen molar-refractivity contribution in [3.05, 3.63) is 60.2 Å². The van der Waals surface area contributed by atoms with Crippen LogP contribution in [-0.4, -0.2) is 43.1 Å². The van der Waals surface area contributed by atoms with Crippen molar-refractivity contribution in [3.63, 3.8) is 0 Å². The average Bonchev–Trinajstić information content (AvgIpc) is 2.75. The van der Waals surface area contributed by atoms with E-state index in [0.717, 1.165) is 18.6 Å². The average molecular weight is 398 g/mol. The predicted octanol–water partition coefficient (Wildman–Crippen LogP) is 4.08. The van der Waals surface area contributed by atoms with Crippen LogP contribution in [0.15, 0.2) is 54.6 Å². The zero-order chi connectivity index (χ0) is 21.1. The van der Waals surface area contributed by atoms with Crippen molar-refractivity contribution in [2.75, 3.05) is 25.5 Å². The molecule has 6 heteroatoms. The maximum atomic E-state index is 12.7. The predicted molar refractivity (Wildman–Crippen MR) is 116 cm³/mol. The fourth-order valence-electron chi connectivity index (χ4n) is 2.91. The minimum absolute atomic E-state index is 0.0327. The van der Waals surface area contributed by atoms with E-state index in [4.69, 9.17) is 4.74 Å². The van der Waals surface area contributed by atoms with Gasteiger partial charge in [0.1, 0.15) is 5.75 Å². The molecule has 3 amide bonds. The minimum atomic E-state index is -0.207. The molecule has 0 aliphatic rings. The number of anilines is 1. The van der Waals surface area contributed by atoms with Gasteiger partial charge in [-0.05, 0) is 49.6 Å². The van der Waals surface area contributed by atoms with Crippen LogP contribution in [0.4, 0.5) is 10.5 Å². The summed E-state index contributed by atoms with van der Waals surface area (Å²) >= 11 is 0. The topological polar surface area (TPSA) is 70.7 Å². The smallest absolute Gasteiger partial charge is 0.322 e. The third-order valence-corrected chi connectivity index (χ3v) is 4.88. The molecule has 2 rings (SSSR count). The quantitative estimate of drug-likeness (QED) is 0.635. The summed E-state index contributed by atoms with van der Waals surface area (Å²) in [6, 6.07) is 17.0. The van der Waals surface area contributed by atoms with E-state index in [1.807, 2.05) is 44.2 Å². The summed E-state index contributed by atoms with van der Waals surface area (Å²) in [4.78, 5) is 26.7. The second-order valence-electron chi connectivity index (χ2n) is 6.94. The van der Waals surface area contributed by atoms with Gasteiger partial charge in [0, 0.05) is 31.2 Å². The van der Waals surface area contributed by atoms with E-state index in [0.29, 0.717) is 18.8 Å². The molecular weight excluding hydrogens is 366 g/mol. The summed E-state index contributed by atoms with van der Waals surface area (Å²) in [5.74, 6) is 0.681. The van der Waals surface area contributed by atoms with Gasteiger partial charge in [0.15, 0.2) is 0 Å². The number of nitrogens with zero attached hydrogens (tertiary/aromatic N) is 1. The van der Waals surface area contributed by atoms with Gasteiger partial charge in [0.2, 0.25) is 5.91 Å². The van der Waals surface area contributed by atoms with E-state index in [1.165, 1.54) is 5.56 Å². The summed E-state index contributed by atoms with van der Waals surface area (Å²) in [6.07, 6.45) is 1.88. The number of ether oxygens (including phenoxy) is 1. The Hall–Kier alpha value is -3.02. The number of carbonyl (C=O) groups excluding carboxylic acids is 2. The number of carbonyl (C=O) groups is 2. The number of nitrogens with one attached hydrogen (secondary N) is 2. The van der Waals surface area contributed by atoms with Crippen LogP contribution in [0.2, 0.25) is 0 Å². The van der Waals surface area contributed by atoms with Crippen LogP contribution in [0.3, 0.4) is 0 Å². The molecular formula is C23H31N3O3. The lowest BCUT2D eigenvalue weighted by Gasteiger charge is -2.28. The van der Waals surface area contributed by atoms with Crippen molar-refractivity contribution in [2.24, 2.45) is 0 Å². The van der Waals surface area contributed by atoms with Gasteiger partial charge in [0.05, 0.1) is 7.11 Å². The van der Waals surface area contributed by atoms with Gasteiger partial charge in [-0.15, -0.1) is 0 Å². The highest BCUT2D eigenvalue weighted by Crippen LogP contribution is 2.16. The second kappa shape index (κ2) is 11.7. The van der Waals surface area contributed by atoms with E-state index in [1.54, 1.807) is 36.3 Å². The van der Waals surface area contributed by atoms with E-state index < -0.39 is 0 Å². The zero-order valence-electron chi connectivity index (χ0n) is 17.5. The molecule has 0 radical (unpaired) electrons. The first-order valence-electron chi connectivity index (χ1n) is 10.1. The lowest BCUT2D eigenvalue weighted by molar-refractivity contribution is -0.121. The number of benzene rings is 2. The van der Waals surface area contributed by atoms with Crippen LogP contribution in [0.5, 0.6) is 5.75 Å². The first-order valence-corrected chi connectivity index (χ1v) is 10.1. The molecule has 0 heterocycles. The SMILES string of the molecule is CCC(C)N(CCC(=O)NCCc1ccccc1)C(=O)Nc1ccc(OC)cc1. The third kappa shape index (κ3) is 7.49. The molecule has 0 aliphatic heterocycles. The lowest BCUT2D eigenvalue weighted by Crippen LogP contribution is -2.43. The van der Waals surface area contributed by atoms with Crippen LogP contribution in [-0.2, 0) is 11.2 Å². The van der Waals surface area contributed by atoms with E-state index in [9.17, 15) is 9.59 Å². The maximum Gasteiger partial charge on any atom is 0.322 e. The van der Waals surface area contributed by atoms with Gasteiger partial charge in [-0.2, -0.15) is 0 Å². The highest BCUT2D eigenvalue weighted by atomic mass is 16.5. The molecule has 2 aromatic rings. The number of amides is 3. The Balaban J connectivity index is 1.83. The Morgan fingerprint density at radius 2 is 1.76 bits per heavy atom. The molecule has 2 aromatic carbocycles. The van der Waals surface area contributed by atoms with E-state index in [-0.39, 0.29) is 24.4 Å². The zero-order valence-corrected chi connectivity index (χ0v) is 17.5. The van der Waals surface area contributed by atoms with Gasteiger partial charge in [-0.1, -0.05) is 37.3 Å². The van der Waals surface area contributed by atoms with Crippen LogP contribution in [0.25, 0.3) is 0 Å². The van der Waals surface area contributed by atoms with Gasteiger partial charge in [-0.3, -0.25) is 4.79 Å². The van der Waals surface area contributed by atoms with Crippen LogP contribution < -0.4 is 15.4 Å². The van der Waals surface area contributed by atoms with E-state index >= 15 is 0 Å². The summed E-state index contributed by atoms with van der Waals surface area (Å²) < 4.78 is 5.13. The van der Waals surface area contributed by atoms with Crippen molar-refractivity contribution < 1.29 is 14.3 Å². The van der Waals surface area contributed by atoms with Crippen molar-refractivity contribution >= 4 is 17.6 Å². The van der Waals surface area contributed by atoms with Gasteiger partial charge in [0.25, 0.3) is 0 Å². The van der Waals surface area contributed by atoms with Gasteiger partial charge < -0.3 is 20.3 Å². The molecule has 0 saturated heterocycles. The summed E-state index contributed by atoms with van der Waals surface area (Å²) in [7, 11) is 1.60. The van der Waals surface area contributed by atoms with Crippen LogP contribution in [0, 0.1) is 0 Å². The van der Waals surface area contributed by atoms with Crippen LogP contribution >= 0.6 is 0 Å². The number of methoxy groups -OCH3 is 1. The molecule has 0 spiro atoms. The molecule has 0 bridgehead atoms. The molecule has 0 saturated carbocycles. The molecule has 1 unspecified atom stereocenters. The number of hydrogen-bond acceptors (Lipinski definition) is 3. The number of rotatable bonds is 10. The first kappa shape index (κ1) is 22.3. The van der Waals surface area contributed by atoms with Crippen molar-refractivity contribution in [3.8, 4) is 5.75 Å². The van der Waals surface area contributed by atoms with E-state index in [2.05, 4.69) is 10.6 Å². The Morgan fingerprint density at radius 1 is 1.07 bits per heavy atom. The van der Waals surface area contributed by atoms with Gasteiger partial charge >= 0.3 is 6.03 Å². The fourth-order valence-corrected chi connectivity index (χ4v) is 2.91. The molecule has 0 fully saturated rings. The highest BCUT2D eigenvalue weighted by molar-refractivity contribution is 5.90. The molecule has 156 valence electrons. The Morgan fingerprint density at radius 3 is 2.38 bits per heavy atom. The Labute approximate surface area is 173 Å². The molecule has 0 aromatic heterocycles. The number of hydrogen-bond donors (Lipinski definition) is 2. The fraction of sp³-hybridized carbons (Fsp3) is 0.391. The summed E-state index contributed by atoms with van der Waals surface area (Å²) in [5, 5.41) is 5.83. The first-order chi connectivity index (χ1) is 14.0. The van der Waals surface area contributed by atoms with Crippen molar-refractivity contribution in [1.29, 1.82) is 0 Å². The third-order valence-electron chi connectivity index (χ3n) is 4.88. The molecule has 2 N–H and O–H groups in total. The summed E-state index contributed by atoms with van der Waals surface area (Å²) in [5.41, 5.74) is 1.88. The standard InChI is InChI=1S/C23H31N3O3/c1-4-18(2)26(23(28)25-20-10-12-21(29-3)13-11-20)17-15-22(27)24-16-14-19-8-6-5-7-9-19/h5-13,18H,4,14-17H2,1-3H3,(H,24,27)(H,25,28). The summed E-state index contributed by atoms with van der Waals surface area (Å²) in [6.45, 7) is 4.97. The largest absolute Gasteiger partial charge is 0.497 e. The lowest BCUT2D eigenvalue weighted by atomic mass is 10.1. The second-order valence-corrected chi connectivity index (χ2v) is 6.94.